The zero-order chi connectivity index (χ0) is 21.6. The smallest absolute Gasteiger partial charge is 0.280 e. The lowest BCUT2D eigenvalue weighted by atomic mass is 9.81. The van der Waals surface area contributed by atoms with Crippen LogP contribution in [0.5, 0.6) is 0 Å². The van der Waals surface area contributed by atoms with Crippen LogP contribution in [-0.4, -0.2) is 33.8 Å². The lowest BCUT2D eigenvalue weighted by molar-refractivity contribution is -0.129. The molecule has 4 rings (SSSR count). The predicted octanol–water partition coefficient (Wildman–Crippen LogP) is 2.98. The molecule has 0 bridgehead atoms. The molecule has 1 unspecified atom stereocenters. The number of benzene rings is 1. The van der Waals surface area contributed by atoms with Gasteiger partial charge >= 0.3 is 0 Å². The Morgan fingerprint density at radius 1 is 1.20 bits per heavy atom. The number of carbonyl (C=O) groups excluding carboxylic acids is 1. The van der Waals surface area contributed by atoms with E-state index in [1.165, 1.54) is 19.3 Å². The minimum absolute atomic E-state index is 0.0253. The average molecular weight is 419 g/mol. The van der Waals surface area contributed by atoms with Gasteiger partial charge in [-0.2, -0.15) is 0 Å². The summed E-state index contributed by atoms with van der Waals surface area (Å²) < 4.78 is 61.0. The Bertz CT molecular complexity index is 1170. The van der Waals surface area contributed by atoms with Crippen LogP contribution in [0.25, 0.3) is 11.3 Å². The van der Waals surface area contributed by atoms with Crippen molar-refractivity contribution in [1.82, 2.24) is 14.9 Å². The van der Waals surface area contributed by atoms with E-state index in [0.29, 0.717) is 6.07 Å². The lowest BCUT2D eigenvalue weighted by Crippen LogP contribution is -2.41. The summed E-state index contributed by atoms with van der Waals surface area (Å²) in [6.07, 6.45) is 0.360. The predicted molar refractivity (Wildman–Crippen MR) is 96.2 cm³/mol. The van der Waals surface area contributed by atoms with Crippen LogP contribution in [0.3, 0.4) is 0 Å². The van der Waals surface area contributed by atoms with Crippen molar-refractivity contribution in [2.75, 3.05) is 7.05 Å². The number of alkyl halides is 2. The molecule has 3 heterocycles. The monoisotopic (exact) mass is 419 g/mol. The summed E-state index contributed by atoms with van der Waals surface area (Å²) in [6, 6.07) is 3.77. The Labute approximate surface area is 166 Å². The van der Waals surface area contributed by atoms with Crippen LogP contribution < -0.4 is 5.73 Å². The number of nitrogens with zero attached hydrogens (tertiary/aromatic N) is 4. The maximum atomic E-state index is 15.0. The van der Waals surface area contributed by atoms with E-state index in [1.54, 1.807) is 0 Å². The number of aromatic nitrogens is 2. The Morgan fingerprint density at radius 3 is 2.57 bits per heavy atom. The van der Waals surface area contributed by atoms with E-state index in [1.807, 2.05) is 0 Å². The van der Waals surface area contributed by atoms with E-state index >= 15 is 4.39 Å². The molecular weight excluding hydrogens is 406 g/mol. The molecule has 30 heavy (non-hydrogen) atoms. The third-order valence-electron chi connectivity index (χ3n) is 4.81. The van der Waals surface area contributed by atoms with Crippen molar-refractivity contribution in [3.8, 4) is 11.3 Å². The van der Waals surface area contributed by atoms with Crippen LogP contribution in [0, 0.1) is 11.6 Å². The van der Waals surface area contributed by atoms with Crippen LogP contribution in [0.15, 0.2) is 52.5 Å². The van der Waals surface area contributed by atoms with Crippen LogP contribution in [0.2, 0.25) is 0 Å². The second kappa shape index (κ2) is 6.94. The van der Waals surface area contributed by atoms with Gasteiger partial charge in [0.05, 0.1) is 11.8 Å². The van der Waals surface area contributed by atoms with E-state index in [-0.39, 0.29) is 28.4 Å². The summed E-state index contributed by atoms with van der Waals surface area (Å²) in [4.78, 5) is 25.5. The van der Waals surface area contributed by atoms with Gasteiger partial charge in [0.1, 0.15) is 17.3 Å². The maximum Gasteiger partial charge on any atom is 0.280 e. The number of rotatable bonds is 4. The van der Waals surface area contributed by atoms with E-state index in [2.05, 4.69) is 15.0 Å². The number of guanidine groups is 1. The molecule has 1 aromatic carbocycles. The highest BCUT2D eigenvalue weighted by Crippen LogP contribution is 2.42. The molecule has 1 aliphatic heterocycles. The molecule has 3 aromatic rings. The van der Waals surface area contributed by atoms with Crippen LogP contribution in [-0.2, 0) is 10.3 Å². The molecule has 11 heteroatoms. The minimum atomic E-state index is -2.94. The molecule has 2 N–H and O–H groups in total. The van der Waals surface area contributed by atoms with Gasteiger partial charge in [-0.3, -0.25) is 14.7 Å². The fourth-order valence-corrected chi connectivity index (χ4v) is 3.32. The molecule has 1 aliphatic rings. The van der Waals surface area contributed by atoms with Crippen LogP contribution >= 0.6 is 0 Å². The zero-order valence-electron chi connectivity index (χ0n) is 15.3. The van der Waals surface area contributed by atoms with Crippen molar-refractivity contribution in [3.63, 3.8) is 0 Å². The van der Waals surface area contributed by atoms with Gasteiger partial charge in [-0.05, 0) is 23.8 Å². The fourth-order valence-electron chi connectivity index (χ4n) is 3.32. The number of aliphatic imine (C=N–C) groups is 1. The highest BCUT2D eigenvalue weighted by Gasteiger charge is 2.51. The molecule has 1 amide bonds. The summed E-state index contributed by atoms with van der Waals surface area (Å²) in [7, 11) is 1.30. The van der Waals surface area contributed by atoms with E-state index < -0.39 is 35.2 Å². The van der Waals surface area contributed by atoms with Crippen molar-refractivity contribution in [2.24, 2.45) is 10.7 Å². The first-order chi connectivity index (χ1) is 14.3. The number of nitrogens with two attached hydrogens (primary N) is 1. The van der Waals surface area contributed by atoms with Crippen molar-refractivity contribution in [1.29, 1.82) is 0 Å². The van der Waals surface area contributed by atoms with E-state index in [9.17, 15) is 18.0 Å². The summed E-state index contributed by atoms with van der Waals surface area (Å²) in [5, 5.41) is 0. The Kier molecular flexibility index (Phi) is 4.52. The Morgan fingerprint density at radius 2 is 1.97 bits per heavy atom. The van der Waals surface area contributed by atoms with Gasteiger partial charge in [0, 0.05) is 24.9 Å². The van der Waals surface area contributed by atoms with Gasteiger partial charge in [0.2, 0.25) is 0 Å². The summed E-state index contributed by atoms with van der Waals surface area (Å²) in [5.74, 6) is -3.18. The number of likely N-dealkylation sites (N-methyl/N-ethyl adjacent to an activating group) is 1. The number of carbonyl (C=O) groups is 1. The summed E-state index contributed by atoms with van der Waals surface area (Å²) >= 11 is 0. The highest BCUT2D eigenvalue weighted by atomic mass is 19.3. The molecule has 0 saturated carbocycles. The van der Waals surface area contributed by atoms with Gasteiger partial charge in [-0.25, -0.2) is 27.5 Å². The number of halogens is 4. The molecule has 154 valence electrons. The third kappa shape index (κ3) is 2.81. The van der Waals surface area contributed by atoms with E-state index in [0.717, 1.165) is 29.6 Å². The van der Waals surface area contributed by atoms with Gasteiger partial charge < -0.3 is 10.2 Å². The largest absolute Gasteiger partial charge is 0.443 e. The summed E-state index contributed by atoms with van der Waals surface area (Å²) in [5.41, 5.74) is 2.32. The van der Waals surface area contributed by atoms with Gasteiger partial charge in [0.15, 0.2) is 23.7 Å². The molecule has 1 atom stereocenters. The Hall–Kier alpha value is -3.76. The summed E-state index contributed by atoms with van der Waals surface area (Å²) in [6.45, 7) is 0. The fraction of sp³-hybridized carbons (Fsp3) is 0.158. The van der Waals surface area contributed by atoms with Crippen molar-refractivity contribution in [3.05, 3.63) is 71.5 Å². The number of hydrogen-bond donors (Lipinski definition) is 1. The standard InChI is InChI=1S/C19H13F4N5O2/c1-28-17(29)19(27-18(28)24,9-2-3-26-14(4-9)16(22)23)11-5-10(12(20)6-13(11)21)15-7-25-8-30-15/h2-8,16H,1H3,(H2,24,27). The average Bonchev–Trinajstić information content (AvgIpc) is 3.32. The van der Waals surface area contributed by atoms with Crippen LogP contribution in [0.1, 0.15) is 23.2 Å². The molecule has 0 aliphatic carbocycles. The third-order valence-corrected chi connectivity index (χ3v) is 4.81. The number of hydrogen-bond acceptors (Lipinski definition) is 6. The molecule has 7 nitrogen and oxygen atoms in total. The second-order valence-electron chi connectivity index (χ2n) is 6.49. The van der Waals surface area contributed by atoms with Crippen molar-refractivity contribution >= 4 is 11.9 Å². The van der Waals surface area contributed by atoms with Crippen molar-refractivity contribution in [2.45, 2.75) is 12.0 Å². The minimum Gasteiger partial charge on any atom is -0.443 e. The molecule has 0 fully saturated rings. The molecule has 2 aromatic heterocycles. The topological polar surface area (TPSA) is 97.6 Å². The van der Waals surface area contributed by atoms with Gasteiger partial charge in [0.25, 0.3) is 12.3 Å². The molecule has 0 spiro atoms. The second-order valence-corrected chi connectivity index (χ2v) is 6.49. The number of pyridine rings is 1. The number of oxazole rings is 1. The first kappa shape index (κ1) is 19.6. The van der Waals surface area contributed by atoms with E-state index in [4.69, 9.17) is 10.2 Å². The lowest BCUT2D eigenvalue weighted by Gasteiger charge is -2.27. The normalized spacial score (nSPS) is 18.9. The molecule has 0 saturated heterocycles. The van der Waals surface area contributed by atoms with Gasteiger partial charge in [-0.1, -0.05) is 0 Å². The quantitative estimate of drug-likeness (QED) is 0.656. The first-order valence-corrected chi connectivity index (χ1v) is 8.52. The van der Waals surface area contributed by atoms with Gasteiger partial charge in [-0.15, -0.1) is 0 Å². The van der Waals surface area contributed by atoms with Crippen LogP contribution in [0.4, 0.5) is 17.6 Å². The van der Waals surface area contributed by atoms with Crippen molar-refractivity contribution < 1.29 is 26.8 Å². The Balaban J connectivity index is 2.03. The molecular formula is C19H13F4N5O2. The first-order valence-electron chi connectivity index (χ1n) is 8.52. The highest BCUT2D eigenvalue weighted by molar-refractivity contribution is 6.09. The maximum absolute atomic E-state index is 15.0. The SMILES string of the molecule is CN1C(=O)C(c2ccnc(C(F)F)c2)(c2cc(-c3cnco3)c(F)cc2F)N=C1N. The molecule has 0 radical (unpaired) electrons. The zero-order valence-corrected chi connectivity index (χ0v) is 15.3. The number of amides is 1.